The average molecular weight is 307 g/mol. The molecule has 0 radical (unpaired) electrons. The van der Waals surface area contributed by atoms with Crippen molar-refractivity contribution in [3.8, 4) is 17.9 Å². The number of benzene rings is 1. The zero-order valence-electron chi connectivity index (χ0n) is 14.4. The fourth-order valence-electron chi connectivity index (χ4n) is 2.31. The van der Waals surface area contributed by atoms with Gasteiger partial charge in [0.15, 0.2) is 0 Å². The van der Waals surface area contributed by atoms with E-state index < -0.39 is 0 Å². The molecular weight excluding hydrogens is 286 g/mol. The Labute approximate surface area is 138 Å². The Hall–Kier alpha value is -2.77. The minimum Gasteiger partial charge on any atom is -0.507 e. The fourth-order valence-corrected chi connectivity index (χ4v) is 2.31. The Morgan fingerprint density at radius 3 is 1.65 bits per heavy atom. The lowest BCUT2D eigenvalue weighted by Gasteiger charge is -2.28. The molecule has 0 fully saturated rings. The maximum atomic E-state index is 10.7. The van der Waals surface area contributed by atoms with Crippen LogP contribution in [-0.4, -0.2) is 5.11 Å². The van der Waals surface area contributed by atoms with Crippen molar-refractivity contribution >= 4 is 5.70 Å². The SMILES string of the molecule is [C-]#[N+]C(=C(C#N)C#N)c1cc(C(C)(C)C)c(O)c(C(C)(C)C)c1. The molecule has 0 amide bonds. The minimum atomic E-state index is -0.341. The molecule has 0 saturated carbocycles. The van der Waals surface area contributed by atoms with E-state index >= 15 is 0 Å². The number of phenolic OH excluding ortho intramolecular Hbond substituents is 1. The second kappa shape index (κ2) is 6.15. The molecule has 4 heteroatoms. The van der Waals surface area contributed by atoms with E-state index in [0.29, 0.717) is 16.7 Å². The third kappa shape index (κ3) is 3.71. The van der Waals surface area contributed by atoms with Crippen molar-refractivity contribution in [2.45, 2.75) is 52.4 Å². The Balaban J connectivity index is 3.93. The number of phenols is 1. The molecule has 0 heterocycles. The van der Waals surface area contributed by atoms with Crippen LogP contribution in [0.2, 0.25) is 0 Å². The largest absolute Gasteiger partial charge is 0.507 e. The molecule has 0 aromatic heterocycles. The summed E-state index contributed by atoms with van der Waals surface area (Å²) in [6.45, 7) is 19.1. The Morgan fingerprint density at radius 2 is 1.39 bits per heavy atom. The molecule has 1 aromatic rings. The Morgan fingerprint density at radius 1 is 1.00 bits per heavy atom. The van der Waals surface area contributed by atoms with Crippen molar-refractivity contribution in [3.05, 3.63) is 45.8 Å². The standard InChI is InChI=1S/C19H21N3O/c1-18(2,3)14-8-12(16(22-7)13(10-20)11-21)9-15(17(14)23)19(4,5)6/h8-9,23H,1-6H3. The van der Waals surface area contributed by atoms with Crippen molar-refractivity contribution in [3.63, 3.8) is 0 Å². The molecular formula is C19H21N3O. The number of nitriles is 2. The molecule has 0 bridgehead atoms. The monoisotopic (exact) mass is 307 g/mol. The molecule has 0 atom stereocenters. The van der Waals surface area contributed by atoms with Crippen LogP contribution in [0.3, 0.4) is 0 Å². The van der Waals surface area contributed by atoms with Gasteiger partial charge in [-0.05, 0) is 27.5 Å². The Kier molecular flexibility index (Phi) is 4.89. The third-order valence-corrected chi connectivity index (χ3v) is 3.57. The molecule has 0 saturated heterocycles. The van der Waals surface area contributed by atoms with Gasteiger partial charge in [0.1, 0.15) is 11.3 Å². The van der Waals surface area contributed by atoms with E-state index in [2.05, 4.69) is 4.85 Å². The van der Waals surface area contributed by atoms with E-state index in [1.54, 1.807) is 24.3 Å². The average Bonchev–Trinajstić information content (AvgIpc) is 2.42. The topological polar surface area (TPSA) is 72.2 Å². The molecule has 23 heavy (non-hydrogen) atoms. The molecule has 0 aliphatic heterocycles. The van der Waals surface area contributed by atoms with Crippen LogP contribution in [-0.2, 0) is 10.8 Å². The van der Waals surface area contributed by atoms with Crippen molar-refractivity contribution < 1.29 is 5.11 Å². The van der Waals surface area contributed by atoms with Gasteiger partial charge in [0.25, 0.3) is 0 Å². The van der Waals surface area contributed by atoms with Gasteiger partial charge in [-0.15, -0.1) is 0 Å². The van der Waals surface area contributed by atoms with E-state index in [1.165, 1.54) is 0 Å². The van der Waals surface area contributed by atoms with E-state index in [9.17, 15) is 5.11 Å². The predicted octanol–water partition coefficient (Wildman–Crippen LogP) is 4.66. The molecule has 1 N–H and O–H groups in total. The highest BCUT2D eigenvalue weighted by Gasteiger charge is 2.27. The highest BCUT2D eigenvalue weighted by Crippen LogP contribution is 2.41. The maximum absolute atomic E-state index is 10.7. The first-order valence-corrected chi connectivity index (χ1v) is 7.27. The summed E-state index contributed by atoms with van der Waals surface area (Å²) in [6, 6.07) is 6.95. The molecule has 4 nitrogen and oxygen atoms in total. The third-order valence-electron chi connectivity index (χ3n) is 3.57. The summed E-state index contributed by atoms with van der Waals surface area (Å²) in [5, 5.41) is 28.8. The molecule has 0 spiro atoms. The van der Waals surface area contributed by atoms with Gasteiger partial charge in [0.05, 0.1) is 18.7 Å². The van der Waals surface area contributed by atoms with E-state index in [0.717, 1.165) is 0 Å². The minimum absolute atomic E-state index is 0.0194. The molecule has 118 valence electrons. The molecule has 1 aromatic carbocycles. The highest BCUT2D eigenvalue weighted by molar-refractivity contribution is 5.81. The lowest BCUT2D eigenvalue weighted by Crippen LogP contribution is -2.17. The number of rotatable bonds is 1. The van der Waals surface area contributed by atoms with Crippen molar-refractivity contribution in [1.29, 1.82) is 10.5 Å². The second-order valence-corrected chi connectivity index (χ2v) is 7.48. The molecule has 0 aliphatic rings. The normalized spacial score (nSPS) is 11.1. The number of hydrogen-bond donors (Lipinski definition) is 1. The van der Waals surface area contributed by atoms with Crippen LogP contribution in [0.1, 0.15) is 58.2 Å². The number of hydrogen-bond acceptors (Lipinski definition) is 3. The smallest absolute Gasteiger partial charge is 0.222 e. The summed E-state index contributed by atoms with van der Waals surface area (Å²) >= 11 is 0. The lowest BCUT2D eigenvalue weighted by atomic mass is 9.78. The first-order valence-electron chi connectivity index (χ1n) is 7.27. The zero-order valence-corrected chi connectivity index (χ0v) is 14.4. The molecule has 0 aliphatic carbocycles. The van der Waals surface area contributed by atoms with Crippen LogP contribution in [0, 0.1) is 29.2 Å². The quantitative estimate of drug-likeness (QED) is 0.605. The van der Waals surface area contributed by atoms with Crippen molar-refractivity contribution in [2.24, 2.45) is 0 Å². The number of nitrogens with zero attached hydrogens (tertiary/aromatic N) is 3. The number of aromatic hydroxyl groups is 1. The van der Waals surface area contributed by atoms with Gasteiger partial charge in [0.2, 0.25) is 5.70 Å². The van der Waals surface area contributed by atoms with E-state index in [4.69, 9.17) is 17.1 Å². The highest BCUT2D eigenvalue weighted by atomic mass is 16.3. The van der Waals surface area contributed by atoms with Gasteiger partial charge in [-0.3, -0.25) is 0 Å². The van der Waals surface area contributed by atoms with Gasteiger partial charge in [0, 0.05) is 0 Å². The summed E-state index contributed by atoms with van der Waals surface area (Å²) in [4.78, 5) is 3.38. The van der Waals surface area contributed by atoms with Gasteiger partial charge >= 0.3 is 0 Å². The van der Waals surface area contributed by atoms with E-state index in [-0.39, 0.29) is 27.8 Å². The first-order chi connectivity index (χ1) is 10.5. The summed E-state index contributed by atoms with van der Waals surface area (Å²) < 4.78 is 0. The lowest BCUT2D eigenvalue weighted by molar-refractivity contribution is 0.423. The van der Waals surface area contributed by atoms with Crippen LogP contribution < -0.4 is 0 Å². The summed E-state index contributed by atoms with van der Waals surface area (Å²) in [6.07, 6.45) is 0. The second-order valence-electron chi connectivity index (χ2n) is 7.48. The summed E-state index contributed by atoms with van der Waals surface area (Å²) in [5.41, 5.74) is 0.995. The van der Waals surface area contributed by atoms with Gasteiger partial charge < -0.3 is 5.11 Å². The van der Waals surface area contributed by atoms with Crippen LogP contribution in [0.15, 0.2) is 17.7 Å². The summed E-state index contributed by atoms with van der Waals surface area (Å²) in [5.74, 6) is 0.202. The molecule has 1 rings (SSSR count). The van der Waals surface area contributed by atoms with Gasteiger partial charge in [-0.25, -0.2) is 4.85 Å². The van der Waals surface area contributed by atoms with Crippen LogP contribution in [0.4, 0.5) is 0 Å². The fraction of sp³-hybridized carbons (Fsp3) is 0.421. The van der Waals surface area contributed by atoms with E-state index in [1.807, 2.05) is 41.5 Å². The van der Waals surface area contributed by atoms with Gasteiger partial charge in [-0.2, -0.15) is 10.5 Å². The predicted molar refractivity (Wildman–Crippen MR) is 90.3 cm³/mol. The van der Waals surface area contributed by atoms with Crippen LogP contribution in [0.25, 0.3) is 10.5 Å². The van der Waals surface area contributed by atoms with Gasteiger partial charge in [-0.1, -0.05) is 53.7 Å². The zero-order chi connectivity index (χ0) is 18.0. The van der Waals surface area contributed by atoms with Crippen LogP contribution in [0.5, 0.6) is 5.75 Å². The number of allylic oxidation sites excluding steroid dienone is 1. The summed E-state index contributed by atoms with van der Waals surface area (Å²) in [7, 11) is 0. The Bertz CT molecular complexity index is 731. The van der Waals surface area contributed by atoms with Crippen molar-refractivity contribution in [2.75, 3.05) is 0 Å². The maximum Gasteiger partial charge on any atom is 0.222 e. The first kappa shape index (κ1) is 18.3. The van der Waals surface area contributed by atoms with Crippen molar-refractivity contribution in [1.82, 2.24) is 0 Å². The van der Waals surface area contributed by atoms with Crippen LogP contribution >= 0.6 is 0 Å². The molecule has 0 unspecified atom stereocenters.